The van der Waals surface area contributed by atoms with E-state index in [0.717, 1.165) is 12.8 Å². The van der Waals surface area contributed by atoms with Crippen LogP contribution < -0.4 is 11.1 Å². The molecular formula is C13H20N2O2S. The van der Waals surface area contributed by atoms with Crippen molar-refractivity contribution in [2.24, 2.45) is 0 Å². The SMILES string of the molecule is CCCCS(=O)C(C)C(=O)Nc1ccc(N)cc1. The monoisotopic (exact) mass is 268 g/mol. The van der Waals surface area contributed by atoms with Crippen LogP contribution in [-0.4, -0.2) is 21.1 Å². The molecule has 0 heterocycles. The zero-order valence-electron chi connectivity index (χ0n) is 10.8. The van der Waals surface area contributed by atoms with E-state index in [2.05, 4.69) is 5.32 Å². The lowest BCUT2D eigenvalue weighted by Crippen LogP contribution is -2.30. The topological polar surface area (TPSA) is 72.2 Å². The Morgan fingerprint density at radius 2 is 2.00 bits per heavy atom. The second kappa shape index (κ2) is 7.16. The highest BCUT2D eigenvalue weighted by Gasteiger charge is 2.19. The number of anilines is 2. The molecule has 1 amide bonds. The molecule has 0 spiro atoms. The predicted octanol–water partition coefficient (Wildman–Crippen LogP) is 2.14. The van der Waals surface area contributed by atoms with Crippen LogP contribution in [-0.2, 0) is 15.6 Å². The van der Waals surface area contributed by atoms with Gasteiger partial charge in [-0.05, 0) is 37.6 Å². The first-order chi connectivity index (χ1) is 8.54. The van der Waals surface area contributed by atoms with Gasteiger partial charge in [0.1, 0.15) is 5.25 Å². The van der Waals surface area contributed by atoms with Gasteiger partial charge in [0.2, 0.25) is 5.91 Å². The van der Waals surface area contributed by atoms with Gasteiger partial charge >= 0.3 is 0 Å². The molecule has 0 bridgehead atoms. The summed E-state index contributed by atoms with van der Waals surface area (Å²) in [7, 11) is -1.11. The molecule has 2 unspecified atom stereocenters. The number of hydrogen-bond donors (Lipinski definition) is 2. The van der Waals surface area contributed by atoms with Gasteiger partial charge in [-0.2, -0.15) is 0 Å². The fourth-order valence-corrected chi connectivity index (χ4v) is 2.62. The number of nitrogen functional groups attached to an aromatic ring is 1. The third kappa shape index (κ3) is 4.49. The molecule has 1 aromatic rings. The van der Waals surface area contributed by atoms with Gasteiger partial charge in [0.25, 0.3) is 0 Å². The summed E-state index contributed by atoms with van der Waals surface area (Å²) in [4.78, 5) is 11.9. The summed E-state index contributed by atoms with van der Waals surface area (Å²) in [6, 6.07) is 6.90. The van der Waals surface area contributed by atoms with Gasteiger partial charge in [-0.3, -0.25) is 9.00 Å². The maximum Gasteiger partial charge on any atom is 0.239 e. The average Bonchev–Trinajstić information content (AvgIpc) is 2.37. The van der Waals surface area contributed by atoms with Crippen molar-refractivity contribution < 1.29 is 9.00 Å². The second-order valence-electron chi connectivity index (χ2n) is 4.19. The molecule has 0 aliphatic carbocycles. The standard InChI is InChI=1S/C13H20N2O2S/c1-3-4-9-18(17)10(2)13(16)15-12-7-5-11(14)6-8-12/h5-8,10H,3-4,9,14H2,1-2H3,(H,15,16). The average molecular weight is 268 g/mol. The zero-order valence-corrected chi connectivity index (χ0v) is 11.6. The molecule has 0 radical (unpaired) electrons. The lowest BCUT2D eigenvalue weighted by atomic mass is 10.3. The second-order valence-corrected chi connectivity index (χ2v) is 6.07. The van der Waals surface area contributed by atoms with Gasteiger partial charge in [-0.1, -0.05) is 13.3 Å². The molecule has 18 heavy (non-hydrogen) atoms. The number of hydrogen-bond acceptors (Lipinski definition) is 3. The molecule has 5 heteroatoms. The highest BCUT2D eigenvalue weighted by atomic mass is 32.2. The summed E-state index contributed by atoms with van der Waals surface area (Å²) in [5.74, 6) is 0.363. The molecule has 3 N–H and O–H groups in total. The van der Waals surface area contributed by atoms with Crippen LogP contribution in [0.25, 0.3) is 0 Å². The smallest absolute Gasteiger partial charge is 0.239 e. The quantitative estimate of drug-likeness (QED) is 0.776. The Bertz CT molecular complexity index is 418. The van der Waals surface area contributed by atoms with Crippen LogP contribution >= 0.6 is 0 Å². The van der Waals surface area contributed by atoms with Crippen LogP contribution in [0.15, 0.2) is 24.3 Å². The fourth-order valence-electron chi connectivity index (χ4n) is 1.39. The highest BCUT2D eigenvalue weighted by molar-refractivity contribution is 7.86. The molecule has 0 saturated heterocycles. The van der Waals surface area contributed by atoms with Gasteiger partial charge < -0.3 is 11.1 Å². The van der Waals surface area contributed by atoms with Crippen LogP contribution in [0.1, 0.15) is 26.7 Å². The molecule has 0 aliphatic rings. The van der Waals surface area contributed by atoms with Crippen molar-refractivity contribution in [2.45, 2.75) is 31.9 Å². The maximum absolute atomic E-state index is 11.9. The number of carbonyl (C=O) groups is 1. The fraction of sp³-hybridized carbons (Fsp3) is 0.462. The normalized spacial score (nSPS) is 13.9. The summed E-state index contributed by atoms with van der Waals surface area (Å²) < 4.78 is 11.8. The van der Waals surface area contributed by atoms with E-state index in [1.54, 1.807) is 31.2 Å². The van der Waals surface area contributed by atoms with E-state index in [0.29, 0.717) is 17.1 Å². The van der Waals surface area contributed by atoms with E-state index >= 15 is 0 Å². The lowest BCUT2D eigenvalue weighted by molar-refractivity contribution is -0.115. The van der Waals surface area contributed by atoms with Crippen molar-refractivity contribution >= 4 is 28.1 Å². The number of carbonyl (C=O) groups excluding carboxylic acids is 1. The molecule has 2 atom stereocenters. The van der Waals surface area contributed by atoms with Gasteiger partial charge in [-0.15, -0.1) is 0 Å². The van der Waals surface area contributed by atoms with Crippen molar-refractivity contribution in [1.82, 2.24) is 0 Å². The van der Waals surface area contributed by atoms with E-state index < -0.39 is 16.0 Å². The Morgan fingerprint density at radius 1 is 1.39 bits per heavy atom. The molecule has 0 aliphatic heterocycles. The van der Waals surface area contributed by atoms with Crippen molar-refractivity contribution in [3.8, 4) is 0 Å². The van der Waals surface area contributed by atoms with Crippen LogP contribution in [0.5, 0.6) is 0 Å². The van der Waals surface area contributed by atoms with Gasteiger partial charge in [0.05, 0.1) is 0 Å². The largest absolute Gasteiger partial charge is 0.399 e. The first-order valence-corrected chi connectivity index (χ1v) is 7.46. The van der Waals surface area contributed by atoms with Crippen molar-refractivity contribution in [3.05, 3.63) is 24.3 Å². The first-order valence-electron chi connectivity index (χ1n) is 6.08. The van der Waals surface area contributed by atoms with Crippen molar-refractivity contribution in [3.63, 3.8) is 0 Å². The van der Waals surface area contributed by atoms with Crippen molar-refractivity contribution in [1.29, 1.82) is 0 Å². The number of unbranched alkanes of at least 4 members (excludes halogenated alkanes) is 1. The van der Waals surface area contributed by atoms with Crippen molar-refractivity contribution in [2.75, 3.05) is 16.8 Å². The van der Waals surface area contributed by atoms with Gasteiger partial charge in [0, 0.05) is 27.9 Å². The molecule has 4 nitrogen and oxygen atoms in total. The minimum atomic E-state index is -1.11. The third-order valence-electron chi connectivity index (χ3n) is 2.64. The van der Waals surface area contributed by atoms with E-state index in [4.69, 9.17) is 5.73 Å². The minimum Gasteiger partial charge on any atom is -0.399 e. The Balaban J connectivity index is 2.54. The van der Waals surface area contributed by atoms with E-state index in [1.165, 1.54) is 0 Å². The highest BCUT2D eigenvalue weighted by Crippen LogP contribution is 2.12. The summed E-state index contributed by atoms with van der Waals surface area (Å²) in [6.45, 7) is 3.73. The zero-order chi connectivity index (χ0) is 13.5. The summed E-state index contributed by atoms with van der Waals surface area (Å²) >= 11 is 0. The van der Waals surface area contributed by atoms with Crippen LogP contribution in [0.4, 0.5) is 11.4 Å². The predicted molar refractivity (Wildman–Crippen MR) is 76.9 cm³/mol. The maximum atomic E-state index is 11.9. The van der Waals surface area contributed by atoms with Gasteiger partial charge in [-0.25, -0.2) is 0 Å². The molecule has 1 aromatic carbocycles. The summed E-state index contributed by atoms with van der Waals surface area (Å²) in [6.07, 6.45) is 1.87. The Labute approximate surface area is 110 Å². The number of amides is 1. The van der Waals surface area contributed by atoms with E-state index in [1.807, 2.05) is 6.92 Å². The number of nitrogens with two attached hydrogens (primary N) is 1. The van der Waals surface area contributed by atoms with Crippen LogP contribution in [0, 0.1) is 0 Å². The summed E-state index contributed by atoms with van der Waals surface area (Å²) in [5.41, 5.74) is 6.88. The van der Waals surface area contributed by atoms with E-state index in [9.17, 15) is 9.00 Å². The molecule has 100 valence electrons. The van der Waals surface area contributed by atoms with Gasteiger partial charge in [0.15, 0.2) is 0 Å². The van der Waals surface area contributed by atoms with Crippen LogP contribution in [0.2, 0.25) is 0 Å². The lowest BCUT2D eigenvalue weighted by Gasteiger charge is -2.12. The first kappa shape index (κ1) is 14.7. The molecule has 0 fully saturated rings. The number of benzene rings is 1. The number of rotatable bonds is 6. The molecular weight excluding hydrogens is 248 g/mol. The molecule has 1 rings (SSSR count). The Kier molecular flexibility index (Phi) is 5.85. The number of nitrogens with one attached hydrogen (secondary N) is 1. The Hall–Kier alpha value is -1.36. The summed E-state index contributed by atoms with van der Waals surface area (Å²) in [5, 5.41) is 2.25. The molecule has 0 aromatic heterocycles. The minimum absolute atomic E-state index is 0.214. The molecule has 0 saturated carbocycles. The Morgan fingerprint density at radius 3 is 2.56 bits per heavy atom. The van der Waals surface area contributed by atoms with E-state index in [-0.39, 0.29) is 5.91 Å². The van der Waals surface area contributed by atoms with Crippen LogP contribution in [0.3, 0.4) is 0 Å². The third-order valence-corrected chi connectivity index (χ3v) is 4.33.